The first-order valence-electron chi connectivity index (χ1n) is 15.4. The van der Waals surface area contributed by atoms with Crippen molar-refractivity contribution in [1.29, 1.82) is 0 Å². The quantitative estimate of drug-likeness (QED) is 0.0889. The summed E-state index contributed by atoms with van der Waals surface area (Å²) in [5, 5.41) is 29.4. The fourth-order valence-electron chi connectivity index (χ4n) is 5.76. The SMILES string of the molecule is COc1cccc(CNC[C@H](O)[C@H](Cc2ccccc2)NC(=O)c2cc(N3CC(c4ccccc4)CCS3(O)O)cc([N+](=O)[O-])c2)c1. The molecular formula is C35H40N4O7S. The van der Waals surface area contributed by atoms with E-state index in [4.69, 9.17) is 4.74 Å². The highest BCUT2D eigenvalue weighted by Gasteiger charge is 2.34. The predicted octanol–water partition coefficient (Wildman–Crippen LogP) is 5.75. The van der Waals surface area contributed by atoms with Gasteiger partial charge in [0.2, 0.25) is 0 Å². The molecule has 1 aliphatic rings. The second-order valence-corrected chi connectivity index (χ2v) is 13.7. The Morgan fingerprint density at radius 2 is 1.70 bits per heavy atom. The topological polar surface area (TPSA) is 157 Å². The van der Waals surface area contributed by atoms with E-state index in [1.807, 2.05) is 84.9 Å². The molecule has 47 heavy (non-hydrogen) atoms. The summed E-state index contributed by atoms with van der Waals surface area (Å²) < 4.78 is 28.7. The van der Waals surface area contributed by atoms with Gasteiger partial charge in [0.05, 0.1) is 35.6 Å². The van der Waals surface area contributed by atoms with Crippen molar-refractivity contribution < 1.29 is 28.7 Å². The summed E-state index contributed by atoms with van der Waals surface area (Å²) >= 11 is 0. The second kappa shape index (κ2) is 15.4. The molecule has 1 amide bonds. The number of benzene rings is 4. The maximum absolute atomic E-state index is 13.8. The molecule has 5 N–H and O–H groups in total. The Labute approximate surface area is 275 Å². The second-order valence-electron chi connectivity index (χ2n) is 11.6. The Kier molecular flexibility index (Phi) is 11.1. The molecule has 11 nitrogen and oxygen atoms in total. The summed E-state index contributed by atoms with van der Waals surface area (Å²) in [6, 6.07) is 29.7. The van der Waals surface area contributed by atoms with Crippen molar-refractivity contribution in [2.75, 3.05) is 30.3 Å². The summed E-state index contributed by atoms with van der Waals surface area (Å²) in [5.41, 5.74) is 2.66. The lowest BCUT2D eigenvalue weighted by atomic mass is 9.96. The van der Waals surface area contributed by atoms with Gasteiger partial charge in [-0.15, -0.1) is 10.8 Å². The van der Waals surface area contributed by atoms with Crippen molar-refractivity contribution in [3.05, 3.63) is 135 Å². The van der Waals surface area contributed by atoms with Crippen LogP contribution in [0, 0.1) is 10.1 Å². The van der Waals surface area contributed by atoms with Crippen LogP contribution in [0.25, 0.3) is 0 Å². The maximum atomic E-state index is 13.8. The van der Waals surface area contributed by atoms with Crippen LogP contribution >= 0.6 is 10.8 Å². The molecule has 5 rings (SSSR count). The number of rotatable bonds is 13. The Hall–Kier alpha value is -4.46. The average Bonchev–Trinajstić information content (AvgIpc) is 3.08. The number of amides is 1. The molecule has 0 radical (unpaired) electrons. The number of carbonyl (C=O) groups excluding carboxylic acids is 1. The van der Waals surface area contributed by atoms with E-state index in [-0.39, 0.29) is 41.7 Å². The van der Waals surface area contributed by atoms with E-state index in [1.54, 1.807) is 7.11 Å². The molecule has 1 saturated heterocycles. The smallest absolute Gasteiger partial charge is 0.272 e. The summed E-state index contributed by atoms with van der Waals surface area (Å²) in [5.74, 6) is 0.139. The highest BCUT2D eigenvalue weighted by atomic mass is 32.3. The van der Waals surface area contributed by atoms with Crippen molar-refractivity contribution >= 4 is 28.1 Å². The van der Waals surface area contributed by atoms with Gasteiger partial charge in [-0.05, 0) is 47.7 Å². The van der Waals surface area contributed by atoms with Gasteiger partial charge in [-0.1, -0.05) is 72.8 Å². The molecule has 1 fully saturated rings. The molecule has 248 valence electrons. The third kappa shape index (κ3) is 8.88. The van der Waals surface area contributed by atoms with Crippen molar-refractivity contribution in [1.82, 2.24) is 10.6 Å². The van der Waals surface area contributed by atoms with Gasteiger partial charge in [0.25, 0.3) is 11.6 Å². The molecule has 4 aromatic rings. The van der Waals surface area contributed by atoms with Gasteiger partial charge in [-0.3, -0.25) is 28.3 Å². The fraction of sp³-hybridized carbons (Fsp3) is 0.286. The number of ether oxygens (including phenoxy) is 1. The number of anilines is 1. The fourth-order valence-corrected chi connectivity index (χ4v) is 7.44. The zero-order valence-electron chi connectivity index (χ0n) is 26.1. The van der Waals surface area contributed by atoms with Crippen LogP contribution in [0.15, 0.2) is 103 Å². The van der Waals surface area contributed by atoms with Gasteiger partial charge in [0.1, 0.15) is 5.75 Å². The number of nitrogens with zero attached hydrogens (tertiary/aromatic N) is 2. The number of non-ortho nitro benzene ring substituents is 1. The summed E-state index contributed by atoms with van der Waals surface area (Å²) in [6.07, 6.45) is -0.165. The molecule has 0 saturated carbocycles. The van der Waals surface area contributed by atoms with Crippen LogP contribution in [0.2, 0.25) is 0 Å². The molecule has 1 aliphatic heterocycles. The van der Waals surface area contributed by atoms with Gasteiger partial charge in [-0.2, -0.15) is 0 Å². The number of nitro benzene ring substituents is 1. The molecule has 1 unspecified atom stereocenters. The van der Waals surface area contributed by atoms with Crippen LogP contribution in [0.3, 0.4) is 0 Å². The Bertz CT molecular complexity index is 1660. The molecule has 0 spiro atoms. The third-order valence-electron chi connectivity index (χ3n) is 8.31. The van der Waals surface area contributed by atoms with Crippen molar-refractivity contribution in [3.8, 4) is 5.75 Å². The highest BCUT2D eigenvalue weighted by Crippen LogP contribution is 2.53. The average molecular weight is 661 g/mol. The zero-order valence-corrected chi connectivity index (χ0v) is 26.9. The minimum absolute atomic E-state index is 0.0270. The Morgan fingerprint density at radius 1 is 1.00 bits per heavy atom. The van der Waals surface area contributed by atoms with Gasteiger partial charge >= 0.3 is 0 Å². The van der Waals surface area contributed by atoms with Crippen LogP contribution in [0.1, 0.15) is 39.4 Å². The zero-order chi connectivity index (χ0) is 33.4. The van der Waals surface area contributed by atoms with E-state index in [1.165, 1.54) is 16.4 Å². The van der Waals surface area contributed by atoms with Crippen LogP contribution in [-0.4, -0.2) is 63.1 Å². The minimum Gasteiger partial charge on any atom is -0.497 e. The molecule has 1 heterocycles. The first-order chi connectivity index (χ1) is 22.6. The van der Waals surface area contributed by atoms with E-state index in [2.05, 4.69) is 10.6 Å². The predicted molar refractivity (Wildman–Crippen MR) is 184 cm³/mol. The van der Waals surface area contributed by atoms with Crippen LogP contribution in [-0.2, 0) is 13.0 Å². The number of methoxy groups -OCH3 is 1. The lowest BCUT2D eigenvalue weighted by molar-refractivity contribution is -0.384. The number of carbonyl (C=O) groups is 1. The lowest BCUT2D eigenvalue weighted by Crippen LogP contribution is -2.48. The largest absolute Gasteiger partial charge is 0.497 e. The summed E-state index contributed by atoms with van der Waals surface area (Å²) in [7, 11) is -1.70. The highest BCUT2D eigenvalue weighted by molar-refractivity contribution is 8.25. The first kappa shape index (κ1) is 33.9. The third-order valence-corrected chi connectivity index (χ3v) is 10.2. The van der Waals surface area contributed by atoms with E-state index in [0.717, 1.165) is 28.5 Å². The van der Waals surface area contributed by atoms with Gasteiger partial charge < -0.3 is 20.5 Å². The van der Waals surface area contributed by atoms with Gasteiger partial charge in [0.15, 0.2) is 0 Å². The number of hydrogen-bond acceptors (Lipinski definition) is 9. The number of nitrogens with one attached hydrogen (secondary N) is 2. The molecule has 3 atom stereocenters. The molecule has 4 aromatic carbocycles. The van der Waals surface area contributed by atoms with E-state index in [9.17, 15) is 29.1 Å². The number of aliphatic hydroxyl groups is 1. The van der Waals surface area contributed by atoms with Crippen LogP contribution in [0.5, 0.6) is 5.75 Å². The van der Waals surface area contributed by atoms with E-state index in [0.29, 0.717) is 19.4 Å². The number of hydrogen-bond donors (Lipinski definition) is 5. The number of nitro groups is 1. The van der Waals surface area contributed by atoms with Crippen LogP contribution in [0.4, 0.5) is 11.4 Å². The van der Waals surface area contributed by atoms with E-state index < -0.39 is 33.8 Å². The molecule has 12 heteroatoms. The normalized spacial score (nSPS) is 17.7. The Morgan fingerprint density at radius 3 is 2.40 bits per heavy atom. The van der Waals surface area contributed by atoms with Crippen molar-refractivity contribution in [3.63, 3.8) is 0 Å². The van der Waals surface area contributed by atoms with Gasteiger partial charge in [-0.25, -0.2) is 0 Å². The molecular weight excluding hydrogens is 620 g/mol. The maximum Gasteiger partial charge on any atom is 0.272 e. The summed E-state index contributed by atoms with van der Waals surface area (Å²) in [6.45, 7) is 0.828. The van der Waals surface area contributed by atoms with Crippen molar-refractivity contribution in [2.24, 2.45) is 0 Å². The van der Waals surface area contributed by atoms with Crippen molar-refractivity contribution in [2.45, 2.75) is 37.5 Å². The monoisotopic (exact) mass is 660 g/mol. The lowest BCUT2D eigenvalue weighted by Gasteiger charge is -2.50. The molecule has 0 aromatic heterocycles. The first-order valence-corrected chi connectivity index (χ1v) is 17.0. The minimum atomic E-state index is -3.29. The standard InChI is InChI=1S/C35H40N4O7S/c1-46-32-14-8-11-26(17-32)22-36-23-34(40)33(18-25-9-4-2-5-10-25)37-35(41)29-19-30(21-31(20-29)39(42)43)38-24-28(15-16-47(38,44)45)27-12-6-3-7-13-27/h2-14,17,19-21,28,33-34,36,40,44-45H,15-16,18,22-24H2,1H3,(H,37,41)/t28?,33-,34-/m0/s1. The summed E-state index contributed by atoms with van der Waals surface area (Å²) in [4.78, 5) is 25.1. The van der Waals surface area contributed by atoms with E-state index >= 15 is 0 Å². The Balaban J connectivity index is 1.37. The van der Waals surface area contributed by atoms with Crippen LogP contribution < -0.4 is 19.7 Å². The number of aliphatic hydroxyl groups excluding tert-OH is 1. The molecule has 0 bridgehead atoms. The molecule has 0 aliphatic carbocycles. The van der Waals surface area contributed by atoms with Gasteiger partial charge in [0, 0.05) is 43.2 Å².